The maximum Gasteiger partial charge on any atom is 0.240 e. The molecule has 0 unspecified atom stereocenters. The zero-order chi connectivity index (χ0) is 17.8. The van der Waals surface area contributed by atoms with E-state index in [0.717, 1.165) is 16.9 Å². The zero-order valence-corrected chi connectivity index (χ0v) is 14.6. The number of benzene rings is 2. The number of carbonyl (C=O) groups excluding carboxylic acids is 2. The third-order valence-electron chi connectivity index (χ3n) is 4.52. The molecule has 1 heterocycles. The molecule has 0 radical (unpaired) electrons. The van der Waals surface area contributed by atoms with Gasteiger partial charge in [0.25, 0.3) is 0 Å². The fourth-order valence-corrected chi connectivity index (χ4v) is 3.10. The number of para-hydroxylation sites is 2. The molecular formula is C20H23N3O2. The second kappa shape index (κ2) is 7.38. The van der Waals surface area contributed by atoms with Gasteiger partial charge < -0.3 is 15.1 Å². The molecule has 1 atom stereocenters. The van der Waals surface area contributed by atoms with Crippen molar-refractivity contribution < 1.29 is 9.59 Å². The fraction of sp³-hybridized carbons (Fsp3) is 0.300. The summed E-state index contributed by atoms with van der Waals surface area (Å²) >= 11 is 0. The van der Waals surface area contributed by atoms with E-state index in [9.17, 15) is 9.59 Å². The van der Waals surface area contributed by atoms with Crippen LogP contribution in [0, 0.1) is 0 Å². The Labute approximate surface area is 148 Å². The summed E-state index contributed by atoms with van der Waals surface area (Å²) in [6.45, 7) is 2.62. The summed E-state index contributed by atoms with van der Waals surface area (Å²) in [6, 6.07) is 17.4. The van der Waals surface area contributed by atoms with Gasteiger partial charge in [-0.15, -0.1) is 0 Å². The predicted octanol–water partition coefficient (Wildman–Crippen LogP) is 2.74. The van der Waals surface area contributed by atoms with E-state index in [2.05, 4.69) is 10.2 Å². The van der Waals surface area contributed by atoms with Gasteiger partial charge in [0.15, 0.2) is 0 Å². The lowest BCUT2D eigenvalue weighted by Crippen LogP contribution is -2.41. The van der Waals surface area contributed by atoms with Crippen LogP contribution in [0.15, 0.2) is 54.6 Å². The normalized spacial score (nSPS) is 15.4. The summed E-state index contributed by atoms with van der Waals surface area (Å²) in [5.41, 5.74) is 2.80. The number of anilines is 2. The molecule has 2 amide bonds. The van der Waals surface area contributed by atoms with E-state index in [4.69, 9.17) is 0 Å². The molecular weight excluding hydrogens is 314 g/mol. The zero-order valence-electron chi connectivity index (χ0n) is 14.6. The minimum Gasteiger partial charge on any atom is -0.372 e. The van der Waals surface area contributed by atoms with Crippen LogP contribution in [0.3, 0.4) is 0 Å². The Morgan fingerprint density at radius 2 is 1.72 bits per heavy atom. The Balaban J connectivity index is 1.75. The quantitative estimate of drug-likeness (QED) is 0.933. The van der Waals surface area contributed by atoms with Crippen molar-refractivity contribution in [2.75, 3.05) is 29.9 Å². The molecule has 0 fully saturated rings. The number of fused-ring (bicyclic) bond motifs is 1. The molecule has 5 nitrogen and oxygen atoms in total. The van der Waals surface area contributed by atoms with Gasteiger partial charge in [-0.3, -0.25) is 9.59 Å². The minimum atomic E-state index is -0.163. The Morgan fingerprint density at radius 3 is 2.44 bits per heavy atom. The SMILES string of the molecule is C[C@H](NC(=O)CN1C(=O)CCN(C)c2ccccc21)c1ccccc1. The van der Waals surface area contributed by atoms with E-state index in [0.29, 0.717) is 13.0 Å². The lowest BCUT2D eigenvalue weighted by Gasteiger charge is -2.24. The maximum absolute atomic E-state index is 12.5. The highest BCUT2D eigenvalue weighted by molar-refractivity contribution is 6.02. The average Bonchev–Trinajstić information content (AvgIpc) is 2.75. The monoisotopic (exact) mass is 337 g/mol. The Morgan fingerprint density at radius 1 is 1.08 bits per heavy atom. The number of carbonyl (C=O) groups is 2. The van der Waals surface area contributed by atoms with Crippen LogP contribution in [0.4, 0.5) is 11.4 Å². The number of nitrogens with one attached hydrogen (secondary N) is 1. The van der Waals surface area contributed by atoms with Gasteiger partial charge >= 0.3 is 0 Å². The Kier molecular flexibility index (Phi) is 5.03. The van der Waals surface area contributed by atoms with Gasteiger partial charge in [0.05, 0.1) is 17.4 Å². The van der Waals surface area contributed by atoms with Gasteiger partial charge in [-0.1, -0.05) is 42.5 Å². The first-order valence-electron chi connectivity index (χ1n) is 8.51. The van der Waals surface area contributed by atoms with Gasteiger partial charge in [-0.2, -0.15) is 0 Å². The summed E-state index contributed by atoms with van der Waals surface area (Å²) in [5, 5.41) is 2.98. The molecule has 2 aromatic carbocycles. The molecule has 1 aliphatic rings. The van der Waals surface area contributed by atoms with Crippen molar-refractivity contribution in [2.24, 2.45) is 0 Å². The molecule has 3 rings (SSSR count). The fourth-order valence-electron chi connectivity index (χ4n) is 3.10. The molecule has 130 valence electrons. The highest BCUT2D eigenvalue weighted by Gasteiger charge is 2.26. The molecule has 25 heavy (non-hydrogen) atoms. The number of nitrogens with zero attached hydrogens (tertiary/aromatic N) is 2. The van der Waals surface area contributed by atoms with Gasteiger partial charge in [-0.05, 0) is 24.6 Å². The van der Waals surface area contributed by atoms with Gasteiger partial charge in [0, 0.05) is 20.0 Å². The summed E-state index contributed by atoms with van der Waals surface area (Å²) in [4.78, 5) is 28.7. The van der Waals surface area contributed by atoms with Crippen LogP contribution in [-0.4, -0.2) is 32.0 Å². The minimum absolute atomic E-state index is 0.0284. The molecule has 1 aliphatic heterocycles. The molecule has 0 spiro atoms. The second-order valence-corrected chi connectivity index (χ2v) is 6.34. The van der Waals surface area contributed by atoms with Crippen molar-refractivity contribution in [3.8, 4) is 0 Å². The van der Waals surface area contributed by atoms with E-state index in [1.165, 1.54) is 0 Å². The van der Waals surface area contributed by atoms with E-state index in [-0.39, 0.29) is 24.4 Å². The van der Waals surface area contributed by atoms with Crippen molar-refractivity contribution in [1.29, 1.82) is 0 Å². The van der Waals surface area contributed by atoms with Crippen LogP contribution in [0.2, 0.25) is 0 Å². The van der Waals surface area contributed by atoms with E-state index >= 15 is 0 Å². The van der Waals surface area contributed by atoms with E-state index in [1.807, 2.05) is 68.6 Å². The van der Waals surface area contributed by atoms with Gasteiger partial charge in [-0.25, -0.2) is 0 Å². The first kappa shape index (κ1) is 17.0. The first-order chi connectivity index (χ1) is 12.1. The maximum atomic E-state index is 12.5. The lowest BCUT2D eigenvalue weighted by atomic mass is 10.1. The third kappa shape index (κ3) is 3.82. The number of hydrogen-bond acceptors (Lipinski definition) is 3. The highest BCUT2D eigenvalue weighted by atomic mass is 16.2. The van der Waals surface area contributed by atoms with Crippen molar-refractivity contribution in [3.05, 3.63) is 60.2 Å². The van der Waals surface area contributed by atoms with Gasteiger partial charge in [0.1, 0.15) is 6.54 Å². The van der Waals surface area contributed by atoms with Crippen molar-refractivity contribution in [1.82, 2.24) is 5.32 Å². The molecule has 1 N–H and O–H groups in total. The Hall–Kier alpha value is -2.82. The topological polar surface area (TPSA) is 52.7 Å². The largest absolute Gasteiger partial charge is 0.372 e. The molecule has 5 heteroatoms. The summed E-state index contributed by atoms with van der Waals surface area (Å²) < 4.78 is 0. The van der Waals surface area contributed by atoms with Crippen LogP contribution in [-0.2, 0) is 9.59 Å². The molecule has 0 saturated carbocycles. The van der Waals surface area contributed by atoms with Crippen LogP contribution in [0.5, 0.6) is 0 Å². The average molecular weight is 337 g/mol. The van der Waals surface area contributed by atoms with Crippen molar-refractivity contribution >= 4 is 23.2 Å². The number of rotatable bonds is 4. The number of hydrogen-bond donors (Lipinski definition) is 1. The number of amides is 2. The van der Waals surface area contributed by atoms with Crippen LogP contribution in [0.1, 0.15) is 24.9 Å². The molecule has 0 aliphatic carbocycles. The molecule has 2 aromatic rings. The van der Waals surface area contributed by atoms with Crippen LogP contribution in [0.25, 0.3) is 0 Å². The first-order valence-corrected chi connectivity index (χ1v) is 8.51. The van der Waals surface area contributed by atoms with E-state index < -0.39 is 0 Å². The summed E-state index contributed by atoms with van der Waals surface area (Å²) in [5.74, 6) is -0.191. The predicted molar refractivity (Wildman–Crippen MR) is 99.7 cm³/mol. The second-order valence-electron chi connectivity index (χ2n) is 6.34. The third-order valence-corrected chi connectivity index (χ3v) is 4.52. The van der Waals surface area contributed by atoms with Gasteiger partial charge in [0.2, 0.25) is 11.8 Å². The smallest absolute Gasteiger partial charge is 0.240 e. The highest BCUT2D eigenvalue weighted by Crippen LogP contribution is 2.31. The van der Waals surface area contributed by atoms with E-state index in [1.54, 1.807) is 4.90 Å². The van der Waals surface area contributed by atoms with Crippen molar-refractivity contribution in [3.63, 3.8) is 0 Å². The lowest BCUT2D eigenvalue weighted by molar-refractivity contribution is -0.124. The summed E-state index contributed by atoms with van der Waals surface area (Å²) in [6.07, 6.45) is 0.396. The Bertz CT molecular complexity index is 761. The van der Waals surface area contributed by atoms with Crippen LogP contribution >= 0.6 is 0 Å². The standard InChI is InChI=1S/C20H23N3O2/c1-15(16-8-4-3-5-9-16)21-19(24)14-23-18-11-7-6-10-17(18)22(2)13-12-20(23)25/h3-11,15H,12-14H2,1-2H3,(H,21,24)/t15-/m0/s1. The molecule has 0 saturated heterocycles. The molecule has 0 bridgehead atoms. The van der Waals surface area contributed by atoms with Crippen molar-refractivity contribution in [2.45, 2.75) is 19.4 Å². The van der Waals surface area contributed by atoms with Crippen LogP contribution < -0.4 is 15.1 Å². The summed E-state index contributed by atoms with van der Waals surface area (Å²) in [7, 11) is 1.97. The molecule has 0 aromatic heterocycles.